The molecule has 0 aliphatic rings. The number of halogens is 2. The molecule has 0 fully saturated rings. The number of aryl methyl sites for hydroxylation is 1. The first kappa shape index (κ1) is 19.9. The molecule has 0 saturated heterocycles. The SMILES string of the molecule is Cc1oc2cc(OCC(=O)c3ccccc3)ccc2c(=O)c1-c1c(F)cccc1Cl. The van der Waals surface area contributed by atoms with Crippen molar-refractivity contribution in [1.82, 2.24) is 0 Å². The van der Waals surface area contributed by atoms with Gasteiger partial charge in [-0.2, -0.15) is 0 Å². The van der Waals surface area contributed by atoms with E-state index in [1.54, 1.807) is 37.3 Å². The average Bonchev–Trinajstić information content (AvgIpc) is 2.74. The molecule has 0 spiro atoms. The summed E-state index contributed by atoms with van der Waals surface area (Å²) < 4.78 is 25.7. The summed E-state index contributed by atoms with van der Waals surface area (Å²) >= 11 is 6.13. The van der Waals surface area contributed by atoms with Gasteiger partial charge in [-0.3, -0.25) is 9.59 Å². The maximum absolute atomic E-state index is 14.4. The third-order valence-corrected chi connectivity index (χ3v) is 5.03. The minimum Gasteiger partial charge on any atom is -0.485 e. The Morgan fingerprint density at radius 3 is 2.53 bits per heavy atom. The van der Waals surface area contributed by atoms with Crippen molar-refractivity contribution < 1.29 is 18.3 Å². The second kappa shape index (κ2) is 8.13. The molecule has 0 aliphatic heterocycles. The van der Waals surface area contributed by atoms with Crippen LogP contribution in [0.1, 0.15) is 16.1 Å². The van der Waals surface area contributed by atoms with Crippen LogP contribution < -0.4 is 10.2 Å². The zero-order chi connectivity index (χ0) is 21.3. The molecule has 4 rings (SSSR count). The Morgan fingerprint density at radius 1 is 1.03 bits per heavy atom. The van der Waals surface area contributed by atoms with Gasteiger partial charge in [-0.05, 0) is 31.2 Å². The molecule has 0 aliphatic carbocycles. The van der Waals surface area contributed by atoms with Crippen LogP contribution in [0.4, 0.5) is 4.39 Å². The van der Waals surface area contributed by atoms with Crippen LogP contribution in [0.25, 0.3) is 22.1 Å². The Kier molecular flexibility index (Phi) is 5.38. The number of ether oxygens (including phenoxy) is 1. The van der Waals surface area contributed by atoms with Crippen LogP contribution >= 0.6 is 11.6 Å². The van der Waals surface area contributed by atoms with Gasteiger partial charge >= 0.3 is 0 Å². The summed E-state index contributed by atoms with van der Waals surface area (Å²) in [6, 6.07) is 17.7. The van der Waals surface area contributed by atoms with Crippen molar-refractivity contribution in [2.45, 2.75) is 6.92 Å². The Morgan fingerprint density at radius 2 is 1.80 bits per heavy atom. The van der Waals surface area contributed by atoms with Gasteiger partial charge in [-0.25, -0.2) is 4.39 Å². The van der Waals surface area contributed by atoms with E-state index in [0.29, 0.717) is 11.3 Å². The number of benzene rings is 3. The summed E-state index contributed by atoms with van der Waals surface area (Å²) in [5.74, 6) is -0.155. The van der Waals surface area contributed by atoms with Crippen LogP contribution in [0, 0.1) is 12.7 Å². The van der Waals surface area contributed by atoms with Gasteiger partial charge < -0.3 is 9.15 Å². The molecular weight excluding hydrogens is 407 g/mol. The summed E-state index contributed by atoms with van der Waals surface area (Å²) in [4.78, 5) is 25.2. The lowest BCUT2D eigenvalue weighted by Crippen LogP contribution is -2.12. The largest absolute Gasteiger partial charge is 0.485 e. The van der Waals surface area contributed by atoms with Gasteiger partial charge in [0, 0.05) is 17.2 Å². The first-order chi connectivity index (χ1) is 14.5. The summed E-state index contributed by atoms with van der Waals surface area (Å²) in [5.41, 5.74) is 0.526. The minimum atomic E-state index is -0.600. The molecule has 0 bridgehead atoms. The number of rotatable bonds is 5. The van der Waals surface area contributed by atoms with E-state index in [1.807, 2.05) is 6.07 Å². The van der Waals surface area contributed by atoms with Gasteiger partial charge in [-0.15, -0.1) is 0 Å². The fourth-order valence-corrected chi connectivity index (χ4v) is 3.51. The highest BCUT2D eigenvalue weighted by Gasteiger charge is 2.19. The highest BCUT2D eigenvalue weighted by molar-refractivity contribution is 6.33. The number of carbonyl (C=O) groups is 1. The number of hydrogen-bond donors (Lipinski definition) is 0. The molecule has 1 aromatic heterocycles. The number of hydrogen-bond acceptors (Lipinski definition) is 4. The Hall–Kier alpha value is -3.44. The molecule has 6 heteroatoms. The van der Waals surface area contributed by atoms with E-state index in [1.165, 1.54) is 30.3 Å². The zero-order valence-corrected chi connectivity index (χ0v) is 16.7. The molecule has 1 heterocycles. The monoisotopic (exact) mass is 422 g/mol. The summed E-state index contributed by atoms with van der Waals surface area (Å²) in [6.45, 7) is 1.42. The Labute approximate surface area is 176 Å². The summed E-state index contributed by atoms with van der Waals surface area (Å²) in [5, 5.41) is 0.390. The van der Waals surface area contributed by atoms with E-state index >= 15 is 0 Å². The quantitative estimate of drug-likeness (QED) is 0.380. The van der Waals surface area contributed by atoms with Crippen LogP contribution in [-0.4, -0.2) is 12.4 Å². The molecule has 0 amide bonds. The molecule has 3 aromatic carbocycles. The van der Waals surface area contributed by atoms with Crippen molar-refractivity contribution in [3.05, 3.63) is 99.1 Å². The number of ketones is 1. The Bertz CT molecular complexity index is 1290. The molecule has 0 atom stereocenters. The zero-order valence-electron chi connectivity index (χ0n) is 15.9. The number of Topliss-reactive ketones (excluding diaryl/α,β-unsaturated/α-hetero) is 1. The standard InChI is InChI=1S/C24H16ClFO4/c1-14-22(23-18(25)8-5-9-19(23)26)24(28)17-11-10-16(12-21(17)30-14)29-13-20(27)15-6-3-2-4-7-15/h2-12H,13H2,1H3. The van der Waals surface area contributed by atoms with Gasteiger partial charge in [0.1, 0.15) is 22.9 Å². The minimum absolute atomic E-state index is 0.0149. The first-order valence-electron chi connectivity index (χ1n) is 9.18. The van der Waals surface area contributed by atoms with Crippen LogP contribution in [-0.2, 0) is 0 Å². The maximum atomic E-state index is 14.4. The molecular formula is C24H16ClFO4. The molecule has 0 unspecified atom stereocenters. The van der Waals surface area contributed by atoms with E-state index < -0.39 is 11.2 Å². The summed E-state index contributed by atoms with van der Waals surface area (Å²) in [7, 11) is 0. The van der Waals surface area contributed by atoms with Gasteiger partial charge in [0.25, 0.3) is 0 Å². The number of fused-ring (bicyclic) bond motifs is 1. The smallest absolute Gasteiger partial charge is 0.200 e. The van der Waals surface area contributed by atoms with E-state index in [2.05, 4.69) is 0 Å². The normalized spacial score (nSPS) is 10.9. The van der Waals surface area contributed by atoms with E-state index in [9.17, 15) is 14.0 Å². The molecule has 4 aromatic rings. The second-order valence-corrected chi connectivity index (χ2v) is 7.10. The van der Waals surface area contributed by atoms with Crippen molar-refractivity contribution in [3.8, 4) is 16.9 Å². The molecule has 0 radical (unpaired) electrons. The lowest BCUT2D eigenvalue weighted by molar-refractivity contribution is 0.0921. The first-order valence-corrected chi connectivity index (χ1v) is 9.56. The number of carbonyl (C=O) groups excluding carboxylic acids is 1. The second-order valence-electron chi connectivity index (χ2n) is 6.69. The third kappa shape index (κ3) is 3.72. The van der Waals surface area contributed by atoms with Gasteiger partial charge in [0.2, 0.25) is 5.43 Å². The van der Waals surface area contributed by atoms with Crippen molar-refractivity contribution in [2.24, 2.45) is 0 Å². The van der Waals surface area contributed by atoms with Crippen LogP contribution in [0.15, 0.2) is 75.9 Å². The highest BCUT2D eigenvalue weighted by Crippen LogP contribution is 2.32. The van der Waals surface area contributed by atoms with Crippen molar-refractivity contribution in [2.75, 3.05) is 6.61 Å². The predicted octanol–water partition coefficient (Wildman–Crippen LogP) is 5.82. The topological polar surface area (TPSA) is 56.5 Å². The van der Waals surface area contributed by atoms with Gasteiger partial charge in [0.15, 0.2) is 12.4 Å². The highest BCUT2D eigenvalue weighted by atomic mass is 35.5. The Balaban J connectivity index is 1.68. The lowest BCUT2D eigenvalue weighted by atomic mass is 10.0. The molecule has 0 saturated carbocycles. The average molecular weight is 423 g/mol. The fraction of sp³-hybridized carbons (Fsp3) is 0.0833. The molecule has 30 heavy (non-hydrogen) atoms. The van der Waals surface area contributed by atoms with Crippen molar-refractivity contribution >= 4 is 28.4 Å². The van der Waals surface area contributed by atoms with Crippen LogP contribution in [0.2, 0.25) is 5.02 Å². The maximum Gasteiger partial charge on any atom is 0.200 e. The van der Waals surface area contributed by atoms with E-state index in [0.717, 1.165) is 0 Å². The van der Waals surface area contributed by atoms with E-state index in [4.69, 9.17) is 20.8 Å². The van der Waals surface area contributed by atoms with E-state index in [-0.39, 0.29) is 45.3 Å². The molecule has 150 valence electrons. The predicted molar refractivity (Wildman–Crippen MR) is 114 cm³/mol. The molecule has 4 nitrogen and oxygen atoms in total. The summed E-state index contributed by atoms with van der Waals surface area (Å²) in [6.07, 6.45) is 0. The molecule has 0 N–H and O–H groups in total. The van der Waals surface area contributed by atoms with Crippen LogP contribution in [0.5, 0.6) is 5.75 Å². The van der Waals surface area contributed by atoms with Crippen molar-refractivity contribution in [3.63, 3.8) is 0 Å². The lowest BCUT2D eigenvalue weighted by Gasteiger charge is -2.11. The van der Waals surface area contributed by atoms with Crippen LogP contribution in [0.3, 0.4) is 0 Å². The van der Waals surface area contributed by atoms with Gasteiger partial charge in [-0.1, -0.05) is 48.0 Å². The van der Waals surface area contributed by atoms with Crippen molar-refractivity contribution in [1.29, 1.82) is 0 Å². The third-order valence-electron chi connectivity index (χ3n) is 4.72. The fourth-order valence-electron chi connectivity index (χ4n) is 3.26. The van der Waals surface area contributed by atoms with Gasteiger partial charge in [0.05, 0.1) is 16.0 Å².